The van der Waals surface area contributed by atoms with E-state index in [1.54, 1.807) is 12.1 Å². The molecule has 0 bridgehead atoms. The number of hydrogen-bond acceptors (Lipinski definition) is 6. The molecule has 1 saturated heterocycles. The van der Waals surface area contributed by atoms with Crippen LogP contribution in [0, 0.1) is 19.8 Å². The molecule has 0 aliphatic carbocycles. The van der Waals surface area contributed by atoms with Crippen LogP contribution in [-0.4, -0.2) is 52.9 Å². The fourth-order valence-electron chi connectivity index (χ4n) is 4.60. The number of amides is 2. The van der Waals surface area contributed by atoms with Crippen molar-refractivity contribution in [3.63, 3.8) is 0 Å². The second kappa shape index (κ2) is 9.79. The van der Waals surface area contributed by atoms with Crippen LogP contribution in [-0.2, 0) is 9.59 Å². The summed E-state index contributed by atoms with van der Waals surface area (Å²) in [6.07, 6.45) is 1.40. The zero-order chi connectivity index (χ0) is 24.4. The van der Waals surface area contributed by atoms with Crippen molar-refractivity contribution in [2.24, 2.45) is 5.92 Å². The lowest BCUT2D eigenvalue weighted by Crippen LogP contribution is -2.41. The van der Waals surface area contributed by atoms with Gasteiger partial charge in [-0.05, 0) is 64.0 Å². The summed E-state index contributed by atoms with van der Waals surface area (Å²) < 4.78 is 12.5. The zero-order valence-corrected chi connectivity index (χ0v) is 19.9. The molecule has 35 heavy (non-hydrogen) atoms. The van der Waals surface area contributed by atoms with Gasteiger partial charge in [0.1, 0.15) is 0 Å². The van der Waals surface area contributed by atoms with Crippen LogP contribution in [0.15, 0.2) is 48.5 Å². The van der Waals surface area contributed by atoms with Crippen LogP contribution >= 0.6 is 0 Å². The highest BCUT2D eigenvalue weighted by molar-refractivity contribution is 5.94. The molecule has 1 fully saturated rings. The first-order valence-electron chi connectivity index (χ1n) is 11.8. The van der Waals surface area contributed by atoms with Crippen LogP contribution in [0.25, 0.3) is 5.69 Å². The highest BCUT2D eigenvalue weighted by Crippen LogP contribution is 2.34. The van der Waals surface area contributed by atoms with E-state index in [9.17, 15) is 9.59 Å². The van der Waals surface area contributed by atoms with Crippen LogP contribution in [0.5, 0.6) is 11.5 Å². The first kappa shape index (κ1) is 22.9. The minimum atomic E-state index is -0.0895. The molecule has 3 heterocycles. The molecular weight excluding hydrogens is 446 g/mol. The fourth-order valence-corrected chi connectivity index (χ4v) is 4.60. The highest BCUT2D eigenvalue weighted by Gasteiger charge is 2.27. The molecule has 5 rings (SSSR count). The first-order valence-corrected chi connectivity index (χ1v) is 11.8. The molecule has 3 aromatic rings. The number of carbonyl (C=O) groups is 2. The van der Waals surface area contributed by atoms with E-state index in [-0.39, 0.29) is 31.1 Å². The Labute approximate surface area is 204 Å². The molecule has 2 aromatic carbocycles. The van der Waals surface area contributed by atoms with Crippen molar-refractivity contribution in [1.82, 2.24) is 14.7 Å². The van der Waals surface area contributed by atoms with Crippen LogP contribution in [0.3, 0.4) is 0 Å². The number of anilines is 2. The van der Waals surface area contributed by atoms with Gasteiger partial charge in [0.2, 0.25) is 18.6 Å². The average Bonchev–Trinajstić information content (AvgIpc) is 3.44. The number of nitrogens with zero attached hydrogens (tertiary/aromatic N) is 3. The van der Waals surface area contributed by atoms with Gasteiger partial charge in [-0.1, -0.05) is 18.2 Å². The van der Waals surface area contributed by atoms with Crippen molar-refractivity contribution in [2.75, 3.05) is 37.1 Å². The monoisotopic (exact) mass is 475 g/mol. The second-order valence-electron chi connectivity index (χ2n) is 8.95. The number of hydrogen-bond donors (Lipinski definition) is 2. The van der Waals surface area contributed by atoms with Gasteiger partial charge in [-0.15, -0.1) is 0 Å². The number of piperidine rings is 1. The number of para-hydroxylation sites is 1. The molecule has 1 aromatic heterocycles. The van der Waals surface area contributed by atoms with E-state index in [0.29, 0.717) is 43.1 Å². The molecule has 0 radical (unpaired) electrons. The van der Waals surface area contributed by atoms with Gasteiger partial charge in [-0.25, -0.2) is 4.68 Å². The molecule has 182 valence electrons. The largest absolute Gasteiger partial charge is 0.454 e. The second-order valence-corrected chi connectivity index (χ2v) is 8.95. The summed E-state index contributed by atoms with van der Waals surface area (Å²) >= 11 is 0. The number of likely N-dealkylation sites (tertiary alicyclic amines) is 1. The van der Waals surface area contributed by atoms with Crippen LogP contribution in [0.4, 0.5) is 11.4 Å². The molecular formula is C26H29N5O4. The smallest absolute Gasteiger partial charge is 0.238 e. The maximum Gasteiger partial charge on any atom is 0.238 e. The Morgan fingerprint density at radius 2 is 1.74 bits per heavy atom. The molecule has 9 nitrogen and oxygen atoms in total. The van der Waals surface area contributed by atoms with Crippen molar-refractivity contribution in [2.45, 2.75) is 26.7 Å². The van der Waals surface area contributed by atoms with Gasteiger partial charge in [0.25, 0.3) is 0 Å². The van der Waals surface area contributed by atoms with E-state index >= 15 is 0 Å². The number of rotatable bonds is 6. The predicted octanol–water partition coefficient (Wildman–Crippen LogP) is 3.51. The molecule has 0 spiro atoms. The Morgan fingerprint density at radius 1 is 1.00 bits per heavy atom. The minimum absolute atomic E-state index is 0.00691. The Balaban J connectivity index is 1.12. The van der Waals surface area contributed by atoms with Gasteiger partial charge in [-0.2, -0.15) is 5.10 Å². The van der Waals surface area contributed by atoms with Crippen molar-refractivity contribution in [3.8, 4) is 17.2 Å². The molecule has 0 atom stereocenters. The fraction of sp³-hybridized carbons (Fsp3) is 0.346. The lowest BCUT2D eigenvalue weighted by atomic mass is 9.95. The summed E-state index contributed by atoms with van der Waals surface area (Å²) in [5, 5.41) is 10.6. The third-order valence-electron chi connectivity index (χ3n) is 6.52. The molecule has 9 heteroatoms. The number of ether oxygens (including phenoxy) is 2. The summed E-state index contributed by atoms with van der Waals surface area (Å²) in [5.74, 6) is 1.16. The van der Waals surface area contributed by atoms with Crippen molar-refractivity contribution < 1.29 is 19.1 Å². The quantitative estimate of drug-likeness (QED) is 0.566. The summed E-state index contributed by atoms with van der Waals surface area (Å²) in [6.45, 7) is 5.71. The van der Waals surface area contributed by atoms with E-state index < -0.39 is 0 Å². The Kier molecular flexibility index (Phi) is 6.41. The number of benzene rings is 2. The van der Waals surface area contributed by atoms with Crippen molar-refractivity contribution >= 4 is 23.2 Å². The number of aryl methyl sites for hydroxylation is 1. The van der Waals surface area contributed by atoms with E-state index in [2.05, 4.69) is 20.6 Å². The standard InChI is InChI=1S/C26H29N5O4/c1-17-25(18(2)31(29-17)21-6-4-3-5-7-21)28-24(32)15-30-12-10-19(11-13-30)26(33)27-20-8-9-22-23(14-20)35-16-34-22/h3-9,14,19H,10-13,15-16H2,1-2H3,(H,27,33)(H,28,32). The number of nitrogens with one attached hydrogen (secondary N) is 2. The van der Waals surface area contributed by atoms with Crippen molar-refractivity contribution in [3.05, 3.63) is 59.9 Å². The van der Waals surface area contributed by atoms with Gasteiger partial charge in [0.05, 0.1) is 29.3 Å². The van der Waals surface area contributed by atoms with Gasteiger partial charge < -0.3 is 20.1 Å². The Morgan fingerprint density at radius 3 is 2.51 bits per heavy atom. The van der Waals surface area contributed by atoms with Crippen LogP contribution in [0.1, 0.15) is 24.2 Å². The van der Waals surface area contributed by atoms with E-state index in [4.69, 9.17) is 9.47 Å². The normalized spacial score (nSPS) is 15.7. The zero-order valence-electron chi connectivity index (χ0n) is 19.9. The van der Waals surface area contributed by atoms with Crippen LogP contribution < -0.4 is 20.1 Å². The van der Waals surface area contributed by atoms with E-state index in [1.165, 1.54) is 0 Å². The molecule has 2 aliphatic rings. The van der Waals surface area contributed by atoms with E-state index in [0.717, 1.165) is 22.8 Å². The van der Waals surface area contributed by atoms with Gasteiger partial charge in [0, 0.05) is 17.7 Å². The lowest BCUT2D eigenvalue weighted by Gasteiger charge is -2.30. The van der Waals surface area contributed by atoms with E-state index in [1.807, 2.05) is 54.9 Å². The van der Waals surface area contributed by atoms with Gasteiger partial charge in [-0.3, -0.25) is 14.5 Å². The molecule has 0 unspecified atom stereocenters. The Bertz CT molecular complexity index is 1230. The van der Waals surface area contributed by atoms with Crippen LogP contribution in [0.2, 0.25) is 0 Å². The number of fused-ring (bicyclic) bond motifs is 1. The number of aromatic nitrogens is 2. The molecule has 0 saturated carbocycles. The number of carbonyl (C=O) groups excluding carboxylic acids is 2. The summed E-state index contributed by atoms with van der Waals surface area (Å²) in [4.78, 5) is 27.6. The van der Waals surface area contributed by atoms with Gasteiger partial charge in [0.15, 0.2) is 11.5 Å². The maximum absolute atomic E-state index is 12.8. The summed E-state index contributed by atoms with van der Waals surface area (Å²) in [7, 11) is 0. The third-order valence-corrected chi connectivity index (χ3v) is 6.52. The minimum Gasteiger partial charge on any atom is -0.454 e. The third kappa shape index (κ3) is 5.00. The SMILES string of the molecule is Cc1nn(-c2ccccc2)c(C)c1NC(=O)CN1CCC(C(=O)Nc2ccc3c(c2)OCO3)CC1. The van der Waals surface area contributed by atoms with Crippen molar-refractivity contribution in [1.29, 1.82) is 0 Å². The summed E-state index contributed by atoms with van der Waals surface area (Å²) in [5.41, 5.74) is 4.06. The molecule has 2 N–H and O–H groups in total. The molecule has 2 aliphatic heterocycles. The highest BCUT2D eigenvalue weighted by atomic mass is 16.7. The van der Waals surface area contributed by atoms with Gasteiger partial charge >= 0.3 is 0 Å². The lowest BCUT2D eigenvalue weighted by molar-refractivity contribution is -0.121. The topological polar surface area (TPSA) is 97.7 Å². The first-order chi connectivity index (χ1) is 17.0. The predicted molar refractivity (Wildman–Crippen MR) is 132 cm³/mol. The Hall–Kier alpha value is -3.85. The maximum atomic E-state index is 12.8. The average molecular weight is 476 g/mol. The molecule has 2 amide bonds. The summed E-state index contributed by atoms with van der Waals surface area (Å²) in [6, 6.07) is 15.2.